The van der Waals surface area contributed by atoms with E-state index in [0.29, 0.717) is 24.7 Å². The molecule has 0 bridgehead atoms. The molecule has 0 aromatic heterocycles. The average molecular weight is 342 g/mol. The minimum atomic E-state index is -0.997. The Balaban J connectivity index is 1.92. The molecule has 1 N–H and O–H groups in total. The number of hydrogen-bond acceptors (Lipinski definition) is 4. The molecule has 0 saturated carbocycles. The van der Waals surface area contributed by atoms with Gasteiger partial charge in [0.05, 0.1) is 7.11 Å². The van der Waals surface area contributed by atoms with Gasteiger partial charge in [0.2, 0.25) is 0 Å². The lowest BCUT2D eigenvalue weighted by atomic mass is 10.1. The molecule has 2 rings (SSSR count). The molecule has 0 aliphatic heterocycles. The van der Waals surface area contributed by atoms with Crippen molar-refractivity contribution in [2.24, 2.45) is 0 Å². The molecule has 25 heavy (non-hydrogen) atoms. The molecule has 132 valence electrons. The summed E-state index contributed by atoms with van der Waals surface area (Å²) in [6, 6.07) is 11.3. The van der Waals surface area contributed by atoms with Crippen LogP contribution < -0.4 is 14.2 Å². The largest absolute Gasteiger partial charge is 0.493 e. The van der Waals surface area contributed by atoms with E-state index >= 15 is 0 Å². The summed E-state index contributed by atoms with van der Waals surface area (Å²) in [6.45, 7) is 4.84. The summed E-state index contributed by atoms with van der Waals surface area (Å²) in [7, 11) is 1.54. The number of aryl methyl sites for hydroxylation is 2. The highest BCUT2D eigenvalue weighted by molar-refractivity contribution is 5.85. The monoisotopic (exact) mass is 342 g/mol. The molecule has 5 nitrogen and oxygen atoms in total. The van der Waals surface area contributed by atoms with E-state index in [1.807, 2.05) is 26.0 Å². The first kappa shape index (κ1) is 18.4. The van der Waals surface area contributed by atoms with Gasteiger partial charge in [-0.15, -0.1) is 0 Å². The van der Waals surface area contributed by atoms with Crippen LogP contribution in [0.3, 0.4) is 0 Å². The van der Waals surface area contributed by atoms with Gasteiger partial charge in [-0.3, -0.25) is 0 Å². The Morgan fingerprint density at radius 3 is 2.32 bits per heavy atom. The number of carbonyl (C=O) groups is 1. The lowest BCUT2D eigenvalue weighted by Crippen LogP contribution is -2.09. The average Bonchev–Trinajstić information content (AvgIpc) is 2.56. The number of carboxylic acid groups (broad SMARTS) is 1. The molecule has 2 aromatic rings. The number of hydrogen-bond donors (Lipinski definition) is 1. The molecule has 0 radical (unpaired) electrons. The maximum absolute atomic E-state index is 10.6. The number of carboxylic acids is 1. The summed E-state index contributed by atoms with van der Waals surface area (Å²) in [5.74, 6) is 0.947. The third-order valence-corrected chi connectivity index (χ3v) is 3.41. The van der Waals surface area contributed by atoms with Crippen molar-refractivity contribution in [3.8, 4) is 17.2 Å². The van der Waals surface area contributed by atoms with E-state index in [1.54, 1.807) is 25.3 Å². The van der Waals surface area contributed by atoms with Crippen molar-refractivity contribution in [3.63, 3.8) is 0 Å². The van der Waals surface area contributed by atoms with Gasteiger partial charge in [0, 0.05) is 6.08 Å². The third-order valence-electron chi connectivity index (χ3n) is 3.41. The normalized spacial score (nSPS) is 10.7. The summed E-state index contributed by atoms with van der Waals surface area (Å²) in [4.78, 5) is 10.6. The number of methoxy groups -OCH3 is 1. The van der Waals surface area contributed by atoms with Gasteiger partial charge in [-0.25, -0.2) is 4.79 Å². The fourth-order valence-electron chi connectivity index (χ4n) is 2.40. The Morgan fingerprint density at radius 2 is 1.68 bits per heavy atom. The van der Waals surface area contributed by atoms with Crippen molar-refractivity contribution in [1.29, 1.82) is 0 Å². The molecule has 0 unspecified atom stereocenters. The quantitative estimate of drug-likeness (QED) is 0.583. The SMILES string of the molecule is COc1cc(/C=C/C(=O)O)ccc1OCCOc1cc(C)cc(C)c1. The van der Waals surface area contributed by atoms with Crippen LogP contribution in [0.2, 0.25) is 0 Å². The van der Waals surface area contributed by atoms with Crippen molar-refractivity contribution in [3.05, 3.63) is 59.2 Å². The second-order valence-electron chi connectivity index (χ2n) is 5.60. The maximum Gasteiger partial charge on any atom is 0.328 e. The zero-order valence-corrected chi connectivity index (χ0v) is 14.6. The Hall–Kier alpha value is -2.95. The van der Waals surface area contributed by atoms with Crippen LogP contribution in [0, 0.1) is 13.8 Å². The van der Waals surface area contributed by atoms with E-state index < -0.39 is 5.97 Å². The van der Waals surface area contributed by atoms with Crippen molar-refractivity contribution in [2.45, 2.75) is 13.8 Å². The molecule has 2 aromatic carbocycles. The molecule has 0 atom stereocenters. The van der Waals surface area contributed by atoms with Gasteiger partial charge in [0.15, 0.2) is 11.5 Å². The number of benzene rings is 2. The minimum absolute atomic E-state index is 0.369. The lowest BCUT2D eigenvalue weighted by Gasteiger charge is -2.12. The van der Waals surface area contributed by atoms with Crippen LogP contribution in [0.5, 0.6) is 17.2 Å². The van der Waals surface area contributed by atoms with Crippen LogP contribution in [0.25, 0.3) is 6.08 Å². The predicted molar refractivity (Wildman–Crippen MR) is 96.6 cm³/mol. The standard InChI is InChI=1S/C20H22O5/c1-14-10-15(2)12-17(11-14)24-8-9-25-18-6-4-16(5-7-20(21)22)13-19(18)23-3/h4-7,10-13H,8-9H2,1-3H3,(H,21,22)/b7-5+. The zero-order valence-electron chi connectivity index (χ0n) is 14.6. The smallest absolute Gasteiger partial charge is 0.328 e. The molecule has 0 amide bonds. The molecule has 0 fully saturated rings. The van der Waals surface area contributed by atoms with Crippen molar-refractivity contribution < 1.29 is 24.1 Å². The Kier molecular flexibility index (Phi) is 6.46. The minimum Gasteiger partial charge on any atom is -0.493 e. The summed E-state index contributed by atoms with van der Waals surface area (Å²) < 4.78 is 16.7. The van der Waals surface area contributed by atoms with Gasteiger partial charge in [0.1, 0.15) is 19.0 Å². The van der Waals surface area contributed by atoms with E-state index in [-0.39, 0.29) is 0 Å². The second kappa shape index (κ2) is 8.78. The second-order valence-corrected chi connectivity index (χ2v) is 5.60. The van der Waals surface area contributed by atoms with Crippen molar-refractivity contribution >= 4 is 12.0 Å². The first-order valence-electron chi connectivity index (χ1n) is 7.91. The number of rotatable bonds is 8. The molecular weight excluding hydrogens is 320 g/mol. The van der Waals surface area contributed by atoms with Crippen LogP contribution in [0.15, 0.2) is 42.5 Å². The molecule has 0 heterocycles. The van der Waals surface area contributed by atoms with E-state index in [0.717, 1.165) is 28.5 Å². The van der Waals surface area contributed by atoms with E-state index in [2.05, 4.69) is 6.07 Å². The molecule has 0 saturated heterocycles. The molecule has 0 aliphatic rings. The number of aliphatic carboxylic acids is 1. The van der Waals surface area contributed by atoms with Gasteiger partial charge >= 0.3 is 5.97 Å². The van der Waals surface area contributed by atoms with Crippen LogP contribution in [-0.2, 0) is 4.79 Å². The summed E-state index contributed by atoms with van der Waals surface area (Å²) in [6.07, 6.45) is 2.57. The molecular formula is C20H22O5. The number of ether oxygens (including phenoxy) is 3. The highest BCUT2D eigenvalue weighted by atomic mass is 16.5. The van der Waals surface area contributed by atoms with Crippen LogP contribution >= 0.6 is 0 Å². The topological polar surface area (TPSA) is 65.0 Å². The van der Waals surface area contributed by atoms with Crippen LogP contribution in [0.1, 0.15) is 16.7 Å². The van der Waals surface area contributed by atoms with Gasteiger partial charge in [-0.05, 0) is 60.9 Å². The van der Waals surface area contributed by atoms with Gasteiger partial charge in [-0.2, -0.15) is 0 Å². The van der Waals surface area contributed by atoms with Crippen LogP contribution in [-0.4, -0.2) is 31.4 Å². The Labute approximate surface area is 147 Å². The lowest BCUT2D eigenvalue weighted by molar-refractivity contribution is -0.131. The zero-order chi connectivity index (χ0) is 18.2. The fourth-order valence-corrected chi connectivity index (χ4v) is 2.40. The van der Waals surface area contributed by atoms with Crippen molar-refractivity contribution in [2.75, 3.05) is 20.3 Å². The summed E-state index contributed by atoms with van der Waals surface area (Å²) in [5.41, 5.74) is 3.03. The van der Waals surface area contributed by atoms with Gasteiger partial charge < -0.3 is 19.3 Å². The van der Waals surface area contributed by atoms with Gasteiger partial charge in [-0.1, -0.05) is 12.1 Å². The van der Waals surface area contributed by atoms with Crippen molar-refractivity contribution in [1.82, 2.24) is 0 Å². The Bertz CT molecular complexity index is 744. The third kappa shape index (κ3) is 5.88. The summed E-state index contributed by atoms with van der Waals surface area (Å²) in [5, 5.41) is 8.67. The van der Waals surface area contributed by atoms with Crippen LogP contribution in [0.4, 0.5) is 0 Å². The van der Waals surface area contributed by atoms with E-state index in [4.69, 9.17) is 19.3 Å². The molecule has 0 spiro atoms. The van der Waals surface area contributed by atoms with E-state index in [9.17, 15) is 4.79 Å². The molecule has 5 heteroatoms. The highest BCUT2D eigenvalue weighted by Crippen LogP contribution is 2.28. The van der Waals surface area contributed by atoms with E-state index in [1.165, 1.54) is 6.08 Å². The Morgan fingerprint density at radius 1 is 1.00 bits per heavy atom. The van der Waals surface area contributed by atoms with Gasteiger partial charge in [0.25, 0.3) is 0 Å². The maximum atomic E-state index is 10.6. The summed E-state index contributed by atoms with van der Waals surface area (Å²) >= 11 is 0. The fraction of sp³-hybridized carbons (Fsp3) is 0.250. The highest BCUT2D eigenvalue weighted by Gasteiger charge is 2.05. The first-order chi connectivity index (χ1) is 12.0. The first-order valence-corrected chi connectivity index (χ1v) is 7.91. The molecule has 0 aliphatic carbocycles. The predicted octanol–water partition coefficient (Wildman–Crippen LogP) is 3.87.